The summed E-state index contributed by atoms with van der Waals surface area (Å²) in [7, 11) is -3.42. The van der Waals surface area contributed by atoms with Gasteiger partial charge in [-0.05, 0) is 42.5 Å². The van der Waals surface area contributed by atoms with Crippen LogP contribution in [0, 0.1) is 0 Å². The summed E-state index contributed by atoms with van der Waals surface area (Å²) in [6.45, 7) is 3.29. The number of fused-ring (bicyclic) bond motifs is 3. The van der Waals surface area contributed by atoms with Gasteiger partial charge in [0.1, 0.15) is 0 Å². The van der Waals surface area contributed by atoms with Gasteiger partial charge in [0.15, 0.2) is 0 Å². The highest BCUT2D eigenvalue weighted by molar-refractivity contribution is 7.89. The molecule has 5 nitrogen and oxygen atoms in total. The van der Waals surface area contributed by atoms with Crippen LogP contribution >= 0.6 is 0 Å². The number of rotatable bonds is 6. The number of nitrogens with one attached hydrogen (secondary N) is 2. The van der Waals surface area contributed by atoms with Crippen molar-refractivity contribution in [3.05, 3.63) is 65.7 Å². The van der Waals surface area contributed by atoms with Crippen molar-refractivity contribution in [1.29, 1.82) is 0 Å². The molecule has 2 N–H and O–H groups in total. The summed E-state index contributed by atoms with van der Waals surface area (Å²) < 4.78 is 27.2. The molecule has 0 saturated carbocycles. The molecule has 0 aliphatic carbocycles. The fourth-order valence-electron chi connectivity index (χ4n) is 4.29. The first-order valence-electron chi connectivity index (χ1n) is 9.73. The molecular weight excluding hydrogens is 358 g/mol. The molecule has 2 aliphatic rings. The Labute approximate surface area is 161 Å². The maximum atomic E-state index is 12.3. The van der Waals surface area contributed by atoms with Gasteiger partial charge in [0, 0.05) is 38.3 Å². The standard InChI is InChI=1S/C21H27N3O2S/c25-27(26,19-7-2-1-3-8-19)23-13-12-22-18-11-15-24-14-10-17-6-4-5-9-20(17)21(24)16-18/h1-9,18,21-23H,10-16H2/t18-,21+/m1/s1. The minimum Gasteiger partial charge on any atom is -0.313 e. The highest BCUT2D eigenvalue weighted by Gasteiger charge is 2.32. The highest BCUT2D eigenvalue weighted by Crippen LogP contribution is 2.36. The number of piperidine rings is 1. The minimum absolute atomic E-state index is 0.317. The van der Waals surface area contributed by atoms with E-state index in [0.29, 0.717) is 30.1 Å². The lowest BCUT2D eigenvalue weighted by atomic mass is 9.85. The Balaban J connectivity index is 1.29. The van der Waals surface area contributed by atoms with Gasteiger partial charge < -0.3 is 5.32 Å². The van der Waals surface area contributed by atoms with Gasteiger partial charge in [0.2, 0.25) is 10.0 Å². The molecule has 0 bridgehead atoms. The molecular formula is C21H27N3O2S. The zero-order valence-electron chi connectivity index (χ0n) is 15.5. The average molecular weight is 386 g/mol. The lowest BCUT2D eigenvalue weighted by Gasteiger charge is -2.43. The maximum Gasteiger partial charge on any atom is 0.240 e. The van der Waals surface area contributed by atoms with Crippen LogP contribution in [0.5, 0.6) is 0 Å². The van der Waals surface area contributed by atoms with Crippen LogP contribution in [0.15, 0.2) is 59.5 Å². The van der Waals surface area contributed by atoms with Gasteiger partial charge in [0.05, 0.1) is 4.90 Å². The van der Waals surface area contributed by atoms with Crippen LogP contribution in [0.2, 0.25) is 0 Å². The Kier molecular flexibility index (Phi) is 5.59. The zero-order valence-corrected chi connectivity index (χ0v) is 16.3. The van der Waals surface area contributed by atoms with Gasteiger partial charge in [-0.3, -0.25) is 4.90 Å². The fourth-order valence-corrected chi connectivity index (χ4v) is 5.34. The molecule has 27 heavy (non-hydrogen) atoms. The van der Waals surface area contributed by atoms with Gasteiger partial charge in [-0.25, -0.2) is 13.1 Å². The molecule has 1 fully saturated rings. The van der Waals surface area contributed by atoms with Gasteiger partial charge in [0.25, 0.3) is 0 Å². The van der Waals surface area contributed by atoms with Gasteiger partial charge in [-0.1, -0.05) is 42.5 Å². The fraction of sp³-hybridized carbons (Fsp3) is 0.429. The molecule has 0 amide bonds. The molecule has 0 aromatic heterocycles. The second-order valence-electron chi connectivity index (χ2n) is 7.39. The van der Waals surface area contributed by atoms with Crippen molar-refractivity contribution in [2.45, 2.75) is 36.2 Å². The van der Waals surface area contributed by atoms with E-state index in [-0.39, 0.29) is 0 Å². The van der Waals surface area contributed by atoms with E-state index in [1.807, 2.05) is 6.07 Å². The summed E-state index contributed by atoms with van der Waals surface area (Å²) >= 11 is 0. The Morgan fingerprint density at radius 2 is 1.74 bits per heavy atom. The summed E-state index contributed by atoms with van der Waals surface area (Å²) in [6, 6.07) is 18.2. The number of hydrogen-bond donors (Lipinski definition) is 2. The van der Waals surface area contributed by atoms with Crippen molar-refractivity contribution >= 4 is 10.0 Å². The van der Waals surface area contributed by atoms with E-state index in [2.05, 4.69) is 39.2 Å². The first kappa shape index (κ1) is 18.6. The zero-order chi connectivity index (χ0) is 18.7. The molecule has 0 radical (unpaired) electrons. The van der Waals surface area contributed by atoms with E-state index < -0.39 is 10.0 Å². The van der Waals surface area contributed by atoms with Crippen LogP contribution in [-0.4, -0.2) is 45.5 Å². The van der Waals surface area contributed by atoms with Crippen LogP contribution in [0.25, 0.3) is 0 Å². The van der Waals surface area contributed by atoms with Gasteiger partial charge in [-0.2, -0.15) is 0 Å². The first-order chi connectivity index (χ1) is 13.1. The molecule has 2 heterocycles. The third-order valence-electron chi connectivity index (χ3n) is 5.70. The highest BCUT2D eigenvalue weighted by atomic mass is 32.2. The number of sulfonamides is 1. The van der Waals surface area contributed by atoms with E-state index in [1.165, 1.54) is 11.1 Å². The van der Waals surface area contributed by atoms with Crippen molar-refractivity contribution in [2.24, 2.45) is 0 Å². The topological polar surface area (TPSA) is 61.4 Å². The SMILES string of the molecule is O=S(=O)(NCCN[C@@H]1CCN2CCc3ccccc3[C@@H]2C1)c1ccccc1. The summed E-state index contributed by atoms with van der Waals surface area (Å²) in [4.78, 5) is 2.91. The molecule has 1 saturated heterocycles. The van der Waals surface area contributed by atoms with Crippen molar-refractivity contribution in [2.75, 3.05) is 26.2 Å². The van der Waals surface area contributed by atoms with Crippen LogP contribution in [-0.2, 0) is 16.4 Å². The number of hydrogen-bond acceptors (Lipinski definition) is 4. The predicted octanol–water partition coefficient (Wildman–Crippen LogP) is 2.32. The third kappa shape index (κ3) is 4.24. The van der Waals surface area contributed by atoms with Crippen molar-refractivity contribution in [1.82, 2.24) is 14.9 Å². The summed E-state index contributed by atoms with van der Waals surface area (Å²) in [6.07, 6.45) is 3.35. The molecule has 144 valence electrons. The largest absolute Gasteiger partial charge is 0.313 e. The van der Waals surface area contributed by atoms with Crippen molar-refractivity contribution in [3.63, 3.8) is 0 Å². The summed E-state index contributed by atoms with van der Waals surface area (Å²) in [5.74, 6) is 0. The average Bonchev–Trinajstić information content (AvgIpc) is 2.72. The number of benzene rings is 2. The van der Waals surface area contributed by atoms with Crippen LogP contribution < -0.4 is 10.0 Å². The summed E-state index contributed by atoms with van der Waals surface area (Å²) in [5, 5.41) is 3.56. The maximum absolute atomic E-state index is 12.3. The quantitative estimate of drug-likeness (QED) is 0.749. The summed E-state index contributed by atoms with van der Waals surface area (Å²) in [5.41, 5.74) is 2.95. The van der Waals surface area contributed by atoms with E-state index in [4.69, 9.17) is 0 Å². The van der Waals surface area contributed by atoms with Crippen LogP contribution in [0.3, 0.4) is 0 Å². The van der Waals surface area contributed by atoms with Crippen molar-refractivity contribution < 1.29 is 8.42 Å². The Bertz CT molecular complexity index is 870. The van der Waals surface area contributed by atoms with Crippen molar-refractivity contribution in [3.8, 4) is 0 Å². The molecule has 0 spiro atoms. The number of nitrogens with zero attached hydrogens (tertiary/aromatic N) is 1. The van der Waals surface area contributed by atoms with Gasteiger partial charge in [-0.15, -0.1) is 0 Å². The molecule has 0 unspecified atom stereocenters. The molecule has 2 atom stereocenters. The Hall–Kier alpha value is -1.73. The first-order valence-corrected chi connectivity index (χ1v) is 11.2. The normalized spacial score (nSPS) is 22.8. The third-order valence-corrected chi connectivity index (χ3v) is 7.18. The monoisotopic (exact) mass is 385 g/mol. The van der Waals surface area contributed by atoms with E-state index >= 15 is 0 Å². The smallest absolute Gasteiger partial charge is 0.240 e. The lowest BCUT2D eigenvalue weighted by molar-refractivity contribution is 0.116. The van der Waals surface area contributed by atoms with Gasteiger partial charge >= 0.3 is 0 Å². The second-order valence-corrected chi connectivity index (χ2v) is 9.15. The Morgan fingerprint density at radius 1 is 0.963 bits per heavy atom. The molecule has 4 rings (SSSR count). The Morgan fingerprint density at radius 3 is 2.59 bits per heavy atom. The van der Waals surface area contributed by atoms with E-state index in [1.54, 1.807) is 24.3 Å². The molecule has 6 heteroatoms. The lowest BCUT2D eigenvalue weighted by Crippen LogP contribution is -2.48. The predicted molar refractivity (Wildman–Crippen MR) is 107 cm³/mol. The van der Waals surface area contributed by atoms with E-state index in [9.17, 15) is 8.42 Å². The molecule has 2 aromatic rings. The molecule has 2 aliphatic heterocycles. The van der Waals surface area contributed by atoms with Crippen LogP contribution in [0.4, 0.5) is 0 Å². The minimum atomic E-state index is -3.42. The van der Waals surface area contributed by atoms with Crippen LogP contribution in [0.1, 0.15) is 30.0 Å². The van der Waals surface area contributed by atoms with E-state index in [0.717, 1.165) is 32.4 Å². The second kappa shape index (κ2) is 8.10. The molecule has 2 aromatic carbocycles.